The Morgan fingerprint density at radius 2 is 2.06 bits per heavy atom. The summed E-state index contributed by atoms with van der Waals surface area (Å²) in [6.45, 7) is 15.5. The van der Waals surface area contributed by atoms with E-state index in [-0.39, 0.29) is 29.6 Å². The van der Waals surface area contributed by atoms with Gasteiger partial charge in [0.1, 0.15) is 6.04 Å². The molecule has 3 rings (SSSR count). The number of esters is 1. The average molecular weight is 479 g/mol. The lowest BCUT2D eigenvalue weighted by Gasteiger charge is -2.43. The summed E-state index contributed by atoms with van der Waals surface area (Å²) in [6, 6.07) is -1.26. The highest BCUT2D eigenvalue weighted by molar-refractivity contribution is 8.02. The second kappa shape index (κ2) is 9.82. The van der Waals surface area contributed by atoms with E-state index < -0.39 is 34.2 Å². The van der Waals surface area contributed by atoms with Gasteiger partial charge in [-0.15, -0.1) is 24.9 Å². The molecule has 184 valence electrons. The second-order valence-corrected chi connectivity index (χ2v) is 11.9. The Hall–Kier alpha value is -1.80. The van der Waals surface area contributed by atoms with Crippen LogP contribution in [0.4, 0.5) is 0 Å². The van der Waals surface area contributed by atoms with Gasteiger partial charge < -0.3 is 19.6 Å². The van der Waals surface area contributed by atoms with E-state index in [2.05, 4.69) is 13.2 Å². The van der Waals surface area contributed by atoms with E-state index in [1.807, 2.05) is 20.8 Å². The molecule has 3 aliphatic heterocycles. The maximum absolute atomic E-state index is 14.1. The van der Waals surface area contributed by atoms with Crippen LogP contribution in [0.25, 0.3) is 0 Å². The van der Waals surface area contributed by atoms with Crippen molar-refractivity contribution >= 4 is 29.5 Å². The summed E-state index contributed by atoms with van der Waals surface area (Å²) in [7, 11) is 0. The number of aliphatic hydroxyl groups excluding tert-OH is 1. The summed E-state index contributed by atoms with van der Waals surface area (Å²) in [6.07, 6.45) is 6.38. The number of thioether (sulfide) groups is 1. The zero-order valence-electron chi connectivity index (χ0n) is 20.3. The monoisotopic (exact) mass is 478 g/mol. The Balaban J connectivity index is 1.98. The van der Waals surface area contributed by atoms with Crippen LogP contribution >= 0.6 is 11.8 Å². The topological polar surface area (TPSA) is 87.2 Å². The number of nitrogens with zero attached hydrogens (tertiary/aromatic N) is 2. The molecule has 0 saturated carbocycles. The molecule has 3 heterocycles. The van der Waals surface area contributed by atoms with Gasteiger partial charge in [0.05, 0.1) is 35.8 Å². The summed E-state index contributed by atoms with van der Waals surface area (Å²) in [5.74, 6) is -1.88. The normalized spacial score (nSPS) is 31.3. The van der Waals surface area contributed by atoms with E-state index in [9.17, 15) is 19.5 Å². The SMILES string of the molecule is C=CCCCOC(=O)[C@@H]1[C@@H]2CCC3(S2)C(C(=O)N(CC=C)C(C)(C)C)N([C@H](C)CO)C(=O)[C@H]13. The van der Waals surface area contributed by atoms with Gasteiger partial charge in [0.25, 0.3) is 0 Å². The molecule has 2 amide bonds. The van der Waals surface area contributed by atoms with Gasteiger partial charge >= 0.3 is 5.97 Å². The molecule has 3 saturated heterocycles. The first kappa shape index (κ1) is 25.8. The molecule has 1 N–H and O–H groups in total. The fourth-order valence-electron chi connectivity index (χ4n) is 5.67. The first-order chi connectivity index (χ1) is 15.5. The number of rotatable bonds is 10. The van der Waals surface area contributed by atoms with Gasteiger partial charge in [0.2, 0.25) is 11.8 Å². The van der Waals surface area contributed by atoms with E-state index >= 15 is 0 Å². The minimum absolute atomic E-state index is 0.0322. The zero-order chi connectivity index (χ0) is 24.6. The molecule has 1 spiro atoms. The number of ether oxygens (including phenoxy) is 1. The second-order valence-electron chi connectivity index (χ2n) is 10.3. The van der Waals surface area contributed by atoms with Gasteiger partial charge in [0, 0.05) is 17.3 Å². The number of likely N-dealkylation sites (tertiary alicyclic amines) is 1. The van der Waals surface area contributed by atoms with Gasteiger partial charge in [0.15, 0.2) is 0 Å². The number of unbranched alkanes of at least 4 members (excludes halogenated alkanes) is 1. The van der Waals surface area contributed by atoms with Gasteiger partial charge in [-0.25, -0.2) is 0 Å². The van der Waals surface area contributed by atoms with Crippen molar-refractivity contribution in [2.45, 2.75) is 81.0 Å². The molecule has 2 unspecified atom stereocenters. The van der Waals surface area contributed by atoms with Gasteiger partial charge in [-0.1, -0.05) is 12.2 Å². The van der Waals surface area contributed by atoms with Gasteiger partial charge in [-0.3, -0.25) is 14.4 Å². The van der Waals surface area contributed by atoms with Gasteiger partial charge in [-0.05, 0) is 53.4 Å². The van der Waals surface area contributed by atoms with Crippen LogP contribution in [0.3, 0.4) is 0 Å². The highest BCUT2D eigenvalue weighted by Crippen LogP contribution is 2.67. The van der Waals surface area contributed by atoms with Crippen molar-refractivity contribution in [2.75, 3.05) is 19.8 Å². The summed E-state index contributed by atoms with van der Waals surface area (Å²) in [5.41, 5.74) is -0.470. The van der Waals surface area contributed by atoms with Crippen molar-refractivity contribution in [1.29, 1.82) is 0 Å². The summed E-state index contributed by atoms with van der Waals surface area (Å²) >= 11 is 1.61. The lowest BCUT2D eigenvalue weighted by molar-refractivity contribution is -0.154. The number of carbonyl (C=O) groups excluding carboxylic acids is 3. The minimum atomic E-state index is -0.732. The van der Waals surface area contributed by atoms with Crippen LogP contribution in [-0.2, 0) is 19.1 Å². The Morgan fingerprint density at radius 3 is 2.64 bits per heavy atom. The number of hydrogen-bond acceptors (Lipinski definition) is 6. The number of amides is 2. The van der Waals surface area contributed by atoms with E-state index in [1.165, 1.54) is 0 Å². The van der Waals surface area contributed by atoms with Crippen molar-refractivity contribution in [3.05, 3.63) is 25.3 Å². The minimum Gasteiger partial charge on any atom is -0.465 e. The summed E-state index contributed by atoms with van der Waals surface area (Å²) < 4.78 is 4.88. The molecule has 0 aliphatic carbocycles. The lowest BCUT2D eigenvalue weighted by atomic mass is 9.71. The Bertz CT molecular complexity index is 809. The molecule has 0 aromatic carbocycles. The lowest BCUT2D eigenvalue weighted by Crippen LogP contribution is -2.60. The first-order valence-electron chi connectivity index (χ1n) is 11.9. The van der Waals surface area contributed by atoms with Crippen molar-refractivity contribution in [1.82, 2.24) is 9.80 Å². The summed E-state index contributed by atoms with van der Waals surface area (Å²) in [4.78, 5) is 44.3. The predicted molar refractivity (Wildman–Crippen MR) is 130 cm³/mol. The Labute approximate surface area is 201 Å². The smallest absolute Gasteiger partial charge is 0.310 e. The standard InChI is InChI=1S/C25H38N2O5S/c1-7-9-10-14-32-23(31)18-17-11-12-25(33-17)19(18)21(29)27(16(3)15-28)20(25)22(30)26(13-8-2)24(4,5)6/h7-8,16-20,28H,1-2,9-15H2,3-6H3/t16-,17+,18-,19+,20?,25?/m1/s1. The quantitative estimate of drug-likeness (QED) is 0.295. The highest BCUT2D eigenvalue weighted by atomic mass is 32.2. The molecule has 0 aromatic rings. The molecule has 0 radical (unpaired) electrons. The largest absolute Gasteiger partial charge is 0.465 e. The van der Waals surface area contributed by atoms with Crippen LogP contribution in [0, 0.1) is 11.8 Å². The fraction of sp³-hybridized carbons (Fsp3) is 0.720. The van der Waals surface area contributed by atoms with E-state index in [0.29, 0.717) is 26.0 Å². The molecular formula is C25H38N2O5S. The molecule has 0 aromatic heterocycles. The summed E-state index contributed by atoms with van der Waals surface area (Å²) in [5, 5.41) is 9.91. The number of aliphatic hydroxyl groups is 1. The van der Waals surface area contributed by atoms with Crippen LogP contribution in [0.2, 0.25) is 0 Å². The maximum atomic E-state index is 14.1. The molecule has 8 heteroatoms. The number of carbonyl (C=O) groups is 3. The zero-order valence-corrected chi connectivity index (χ0v) is 21.1. The number of allylic oxidation sites excluding steroid dienone is 1. The maximum Gasteiger partial charge on any atom is 0.310 e. The third-order valence-electron chi connectivity index (χ3n) is 7.17. The number of fused-ring (bicyclic) bond motifs is 1. The highest BCUT2D eigenvalue weighted by Gasteiger charge is 2.74. The first-order valence-corrected chi connectivity index (χ1v) is 12.7. The molecule has 2 bridgehead atoms. The van der Waals surface area contributed by atoms with E-state index in [4.69, 9.17) is 4.74 Å². The van der Waals surface area contributed by atoms with Gasteiger partial charge in [-0.2, -0.15) is 0 Å². The molecular weight excluding hydrogens is 440 g/mol. The van der Waals surface area contributed by atoms with Crippen molar-refractivity contribution in [3.63, 3.8) is 0 Å². The fourth-order valence-corrected chi connectivity index (χ4v) is 7.86. The predicted octanol–water partition coefficient (Wildman–Crippen LogP) is 2.78. The van der Waals surface area contributed by atoms with Crippen molar-refractivity contribution in [3.8, 4) is 0 Å². The van der Waals surface area contributed by atoms with Crippen LogP contribution in [-0.4, -0.2) is 80.1 Å². The van der Waals surface area contributed by atoms with Crippen LogP contribution < -0.4 is 0 Å². The van der Waals surface area contributed by atoms with Crippen molar-refractivity contribution < 1.29 is 24.2 Å². The van der Waals surface area contributed by atoms with Crippen LogP contribution in [0.15, 0.2) is 25.3 Å². The third kappa shape index (κ3) is 4.36. The molecule has 6 atom stereocenters. The van der Waals surface area contributed by atoms with E-state index in [1.54, 1.807) is 40.6 Å². The Morgan fingerprint density at radius 1 is 1.36 bits per heavy atom. The number of hydrogen-bond donors (Lipinski definition) is 1. The Kier molecular flexibility index (Phi) is 7.68. The third-order valence-corrected chi connectivity index (χ3v) is 9.12. The molecule has 3 aliphatic rings. The van der Waals surface area contributed by atoms with Crippen LogP contribution in [0.5, 0.6) is 0 Å². The van der Waals surface area contributed by atoms with Crippen molar-refractivity contribution in [2.24, 2.45) is 11.8 Å². The molecule has 7 nitrogen and oxygen atoms in total. The molecule has 3 fully saturated rings. The molecule has 33 heavy (non-hydrogen) atoms. The average Bonchev–Trinajstić information content (AvgIpc) is 3.40. The van der Waals surface area contributed by atoms with Crippen LogP contribution in [0.1, 0.15) is 53.4 Å². The van der Waals surface area contributed by atoms with E-state index in [0.717, 1.165) is 12.8 Å².